The van der Waals surface area contributed by atoms with E-state index in [-0.39, 0.29) is 0 Å². The molecule has 0 bridgehead atoms. The van der Waals surface area contributed by atoms with Crippen LogP contribution in [0.2, 0.25) is 0 Å². The topological polar surface area (TPSA) is 0 Å². The van der Waals surface area contributed by atoms with E-state index in [4.69, 9.17) is 0 Å². The Morgan fingerprint density at radius 1 is 1.25 bits per heavy atom. The van der Waals surface area contributed by atoms with Crippen LogP contribution >= 0.6 is 0 Å². The van der Waals surface area contributed by atoms with Gasteiger partial charge in [0, 0.05) is 5.92 Å². The first-order chi connectivity index (χ1) is 5.92. The number of allylic oxidation sites excluding steroid dienone is 1. The van der Waals surface area contributed by atoms with Crippen molar-refractivity contribution < 1.29 is 0 Å². The van der Waals surface area contributed by atoms with Gasteiger partial charge in [-0.25, -0.2) is 0 Å². The highest BCUT2D eigenvalue weighted by molar-refractivity contribution is 5.62. The molecule has 2 rings (SSSR count). The molecule has 0 saturated heterocycles. The monoisotopic (exact) mass is 158 g/mol. The third-order valence-electron chi connectivity index (χ3n) is 2.50. The summed E-state index contributed by atoms with van der Waals surface area (Å²) >= 11 is 0. The SMILES string of the molecule is CCC[C@@H]1C=Cc2ccccc21. The van der Waals surface area contributed by atoms with E-state index in [2.05, 4.69) is 43.3 Å². The molecule has 1 aliphatic carbocycles. The second-order valence-electron chi connectivity index (χ2n) is 3.38. The second-order valence-corrected chi connectivity index (χ2v) is 3.38. The minimum atomic E-state index is 0.686. The average Bonchev–Trinajstić information content (AvgIpc) is 2.50. The van der Waals surface area contributed by atoms with Crippen LogP contribution in [0, 0.1) is 0 Å². The highest BCUT2D eigenvalue weighted by Gasteiger charge is 2.14. The first kappa shape index (κ1) is 7.60. The lowest BCUT2D eigenvalue weighted by atomic mass is 9.97. The van der Waals surface area contributed by atoms with Crippen molar-refractivity contribution in [2.24, 2.45) is 0 Å². The summed E-state index contributed by atoms with van der Waals surface area (Å²) in [6, 6.07) is 8.68. The van der Waals surface area contributed by atoms with E-state index in [0.29, 0.717) is 5.92 Å². The Morgan fingerprint density at radius 3 is 2.92 bits per heavy atom. The fourth-order valence-corrected chi connectivity index (χ4v) is 1.89. The summed E-state index contributed by atoms with van der Waals surface area (Å²) in [5, 5.41) is 0. The second kappa shape index (κ2) is 3.14. The van der Waals surface area contributed by atoms with Crippen molar-refractivity contribution in [1.82, 2.24) is 0 Å². The minimum absolute atomic E-state index is 0.686. The fourth-order valence-electron chi connectivity index (χ4n) is 1.89. The van der Waals surface area contributed by atoms with E-state index < -0.39 is 0 Å². The third-order valence-corrected chi connectivity index (χ3v) is 2.50. The Kier molecular flexibility index (Phi) is 1.99. The molecule has 1 aliphatic rings. The molecule has 0 fully saturated rings. The van der Waals surface area contributed by atoms with E-state index in [1.807, 2.05) is 0 Å². The number of rotatable bonds is 2. The molecule has 1 atom stereocenters. The largest absolute Gasteiger partial charge is 0.0764 e. The van der Waals surface area contributed by atoms with Gasteiger partial charge in [0.1, 0.15) is 0 Å². The van der Waals surface area contributed by atoms with Crippen molar-refractivity contribution in [3.05, 3.63) is 41.5 Å². The lowest BCUT2D eigenvalue weighted by Gasteiger charge is -2.08. The Hall–Kier alpha value is -1.04. The molecular weight excluding hydrogens is 144 g/mol. The number of benzene rings is 1. The van der Waals surface area contributed by atoms with Crippen molar-refractivity contribution in [1.29, 1.82) is 0 Å². The van der Waals surface area contributed by atoms with Gasteiger partial charge in [0.25, 0.3) is 0 Å². The van der Waals surface area contributed by atoms with Gasteiger partial charge >= 0.3 is 0 Å². The summed E-state index contributed by atoms with van der Waals surface area (Å²) in [6.07, 6.45) is 7.13. The molecule has 62 valence electrons. The first-order valence-electron chi connectivity index (χ1n) is 4.69. The van der Waals surface area contributed by atoms with E-state index in [0.717, 1.165) is 0 Å². The van der Waals surface area contributed by atoms with Gasteiger partial charge in [0.05, 0.1) is 0 Å². The van der Waals surface area contributed by atoms with Gasteiger partial charge in [-0.1, -0.05) is 49.8 Å². The lowest BCUT2D eigenvalue weighted by molar-refractivity contribution is 0.726. The minimum Gasteiger partial charge on any atom is -0.0764 e. The van der Waals surface area contributed by atoms with E-state index in [1.165, 1.54) is 24.0 Å². The summed E-state index contributed by atoms with van der Waals surface area (Å²) in [6.45, 7) is 2.24. The van der Waals surface area contributed by atoms with Gasteiger partial charge in [-0.05, 0) is 17.5 Å². The molecular formula is C12H14. The molecule has 0 nitrogen and oxygen atoms in total. The maximum Gasteiger partial charge on any atom is 0.00271 e. The van der Waals surface area contributed by atoms with Crippen LogP contribution in [-0.2, 0) is 0 Å². The zero-order valence-electron chi connectivity index (χ0n) is 7.46. The molecule has 0 unspecified atom stereocenters. The van der Waals surface area contributed by atoms with Crippen LogP contribution in [0.4, 0.5) is 0 Å². The third kappa shape index (κ3) is 1.18. The van der Waals surface area contributed by atoms with Crippen molar-refractivity contribution >= 4 is 6.08 Å². The van der Waals surface area contributed by atoms with Crippen molar-refractivity contribution in [2.45, 2.75) is 25.7 Å². The predicted octanol–water partition coefficient (Wildman–Crippen LogP) is 3.60. The van der Waals surface area contributed by atoms with Crippen molar-refractivity contribution in [3.8, 4) is 0 Å². The maximum atomic E-state index is 2.33. The van der Waals surface area contributed by atoms with Gasteiger partial charge in [0.15, 0.2) is 0 Å². The first-order valence-corrected chi connectivity index (χ1v) is 4.69. The normalized spacial score (nSPS) is 19.6. The Labute approximate surface area is 73.9 Å². The molecule has 12 heavy (non-hydrogen) atoms. The smallest absolute Gasteiger partial charge is 0.00271 e. The van der Waals surface area contributed by atoms with Gasteiger partial charge in [-0.3, -0.25) is 0 Å². The molecule has 0 saturated carbocycles. The van der Waals surface area contributed by atoms with E-state index >= 15 is 0 Å². The molecule has 1 aromatic carbocycles. The summed E-state index contributed by atoms with van der Waals surface area (Å²) in [4.78, 5) is 0. The van der Waals surface area contributed by atoms with Crippen LogP contribution in [0.15, 0.2) is 30.3 Å². The number of hydrogen-bond acceptors (Lipinski definition) is 0. The number of hydrogen-bond donors (Lipinski definition) is 0. The van der Waals surface area contributed by atoms with Crippen molar-refractivity contribution in [3.63, 3.8) is 0 Å². The average molecular weight is 158 g/mol. The van der Waals surface area contributed by atoms with Gasteiger partial charge in [-0.15, -0.1) is 0 Å². The number of fused-ring (bicyclic) bond motifs is 1. The molecule has 1 aromatic rings. The van der Waals surface area contributed by atoms with Crippen LogP contribution in [0.25, 0.3) is 6.08 Å². The summed E-state index contributed by atoms with van der Waals surface area (Å²) < 4.78 is 0. The quantitative estimate of drug-likeness (QED) is 0.617. The Morgan fingerprint density at radius 2 is 2.08 bits per heavy atom. The Balaban J connectivity index is 2.30. The lowest BCUT2D eigenvalue weighted by Crippen LogP contribution is -1.91. The summed E-state index contributed by atoms with van der Waals surface area (Å²) in [5.74, 6) is 0.686. The standard InChI is InChI=1S/C12H14/c1-2-5-10-8-9-11-6-3-4-7-12(10)11/h3-4,6-10H,2,5H2,1H3/t10-/m1/s1. The molecule has 0 heteroatoms. The van der Waals surface area contributed by atoms with Gasteiger partial charge in [0.2, 0.25) is 0 Å². The molecule has 0 amide bonds. The molecule has 0 aromatic heterocycles. The molecule has 0 aliphatic heterocycles. The molecule has 0 radical (unpaired) electrons. The van der Waals surface area contributed by atoms with E-state index in [9.17, 15) is 0 Å². The molecule has 0 N–H and O–H groups in total. The van der Waals surface area contributed by atoms with Crippen LogP contribution < -0.4 is 0 Å². The molecule has 0 spiro atoms. The van der Waals surface area contributed by atoms with Gasteiger partial charge < -0.3 is 0 Å². The fraction of sp³-hybridized carbons (Fsp3) is 0.333. The van der Waals surface area contributed by atoms with Gasteiger partial charge in [-0.2, -0.15) is 0 Å². The van der Waals surface area contributed by atoms with Crippen LogP contribution in [-0.4, -0.2) is 0 Å². The van der Waals surface area contributed by atoms with Crippen LogP contribution in [0.1, 0.15) is 36.8 Å². The van der Waals surface area contributed by atoms with Crippen LogP contribution in [0.5, 0.6) is 0 Å². The zero-order valence-corrected chi connectivity index (χ0v) is 7.46. The van der Waals surface area contributed by atoms with Crippen LogP contribution in [0.3, 0.4) is 0 Å². The summed E-state index contributed by atoms with van der Waals surface area (Å²) in [5.41, 5.74) is 2.93. The zero-order chi connectivity index (χ0) is 8.39. The maximum absolute atomic E-state index is 2.33. The van der Waals surface area contributed by atoms with Crippen molar-refractivity contribution in [2.75, 3.05) is 0 Å². The highest BCUT2D eigenvalue weighted by atomic mass is 14.2. The predicted molar refractivity (Wildman–Crippen MR) is 53.1 cm³/mol. The molecule has 0 heterocycles. The highest BCUT2D eigenvalue weighted by Crippen LogP contribution is 2.32. The Bertz CT molecular complexity index is 297. The van der Waals surface area contributed by atoms with E-state index in [1.54, 1.807) is 0 Å². The summed E-state index contributed by atoms with van der Waals surface area (Å²) in [7, 11) is 0.